The fraction of sp³-hybridized carbons (Fsp3) is 0.533. The van der Waals surface area contributed by atoms with Gasteiger partial charge in [-0.05, 0) is 11.6 Å². The third-order valence-corrected chi connectivity index (χ3v) is 4.32. The minimum atomic E-state index is -4.35. The van der Waals surface area contributed by atoms with E-state index in [-0.39, 0.29) is 24.2 Å². The summed E-state index contributed by atoms with van der Waals surface area (Å²) < 4.78 is 44.8. The van der Waals surface area contributed by atoms with E-state index >= 15 is 0 Å². The lowest BCUT2D eigenvalue weighted by Gasteiger charge is -2.46. The largest absolute Gasteiger partial charge is 0.416 e. The Morgan fingerprint density at radius 2 is 1.82 bits per heavy atom. The van der Waals surface area contributed by atoms with Crippen molar-refractivity contribution >= 4 is 5.71 Å². The molecule has 3 rings (SSSR count). The number of halogens is 3. The molecular weight excluding hydrogens is 297 g/mol. The second-order valence-corrected chi connectivity index (χ2v) is 5.75. The minimum Gasteiger partial charge on any atom is -0.411 e. The van der Waals surface area contributed by atoms with E-state index < -0.39 is 11.7 Å². The molecule has 4 nitrogen and oxygen atoms in total. The topological polar surface area (TPSA) is 45.1 Å². The summed E-state index contributed by atoms with van der Waals surface area (Å²) in [6.07, 6.45) is -3.29. The summed E-state index contributed by atoms with van der Waals surface area (Å²) in [6.45, 7) is 1.13. The minimum absolute atomic E-state index is 0.0420. The highest BCUT2D eigenvalue weighted by atomic mass is 19.4. The quantitative estimate of drug-likeness (QED) is 0.674. The zero-order chi connectivity index (χ0) is 15.7. The number of oxime groups is 1. The number of hydrogen-bond donors (Lipinski definition) is 1. The lowest BCUT2D eigenvalue weighted by molar-refractivity contribution is -0.139. The number of ether oxygens (including phenoxy) is 1. The van der Waals surface area contributed by atoms with Gasteiger partial charge in [-0.1, -0.05) is 23.4 Å². The van der Waals surface area contributed by atoms with E-state index in [0.717, 1.165) is 6.07 Å². The monoisotopic (exact) mass is 314 g/mol. The van der Waals surface area contributed by atoms with Crippen molar-refractivity contribution in [1.82, 2.24) is 4.90 Å². The van der Waals surface area contributed by atoms with Crippen LogP contribution in [0.5, 0.6) is 0 Å². The summed E-state index contributed by atoms with van der Waals surface area (Å²) in [5, 5.41) is 12.2. The van der Waals surface area contributed by atoms with Crippen LogP contribution in [-0.2, 0) is 17.5 Å². The van der Waals surface area contributed by atoms with Gasteiger partial charge in [0.1, 0.15) is 0 Å². The number of alkyl halides is 3. The Balaban J connectivity index is 1.85. The number of rotatable bonds is 2. The fourth-order valence-corrected chi connectivity index (χ4v) is 3.28. The van der Waals surface area contributed by atoms with Crippen molar-refractivity contribution in [3.05, 3.63) is 35.4 Å². The number of hydrogen-bond acceptors (Lipinski definition) is 4. The summed E-state index contributed by atoms with van der Waals surface area (Å²) in [6, 6.07) is 5.59. The summed E-state index contributed by atoms with van der Waals surface area (Å²) >= 11 is 0. The van der Waals surface area contributed by atoms with Gasteiger partial charge >= 0.3 is 6.18 Å². The molecule has 2 saturated heterocycles. The van der Waals surface area contributed by atoms with Crippen LogP contribution in [-0.4, -0.2) is 41.1 Å². The summed E-state index contributed by atoms with van der Waals surface area (Å²) in [7, 11) is 0. The Hall–Kier alpha value is -1.60. The number of nitrogens with zero attached hydrogens (tertiary/aromatic N) is 2. The Morgan fingerprint density at radius 1 is 1.18 bits per heavy atom. The van der Waals surface area contributed by atoms with Crippen LogP contribution < -0.4 is 0 Å². The molecule has 2 aliphatic heterocycles. The highest BCUT2D eigenvalue weighted by Gasteiger charge is 2.39. The normalized spacial score (nSPS) is 26.0. The molecule has 2 unspecified atom stereocenters. The van der Waals surface area contributed by atoms with Crippen LogP contribution in [0, 0.1) is 0 Å². The molecule has 1 aromatic rings. The zero-order valence-corrected chi connectivity index (χ0v) is 11.9. The van der Waals surface area contributed by atoms with Gasteiger partial charge in [-0.3, -0.25) is 4.90 Å². The molecule has 0 amide bonds. The van der Waals surface area contributed by atoms with E-state index in [1.807, 2.05) is 4.90 Å². The van der Waals surface area contributed by atoms with E-state index in [1.165, 1.54) is 12.1 Å². The van der Waals surface area contributed by atoms with Gasteiger partial charge < -0.3 is 9.94 Å². The van der Waals surface area contributed by atoms with Crippen molar-refractivity contribution in [2.75, 3.05) is 13.2 Å². The zero-order valence-electron chi connectivity index (χ0n) is 11.9. The van der Waals surface area contributed by atoms with Gasteiger partial charge in [0.15, 0.2) is 0 Å². The van der Waals surface area contributed by atoms with E-state index in [4.69, 9.17) is 9.94 Å². The van der Waals surface area contributed by atoms with Crippen molar-refractivity contribution in [2.24, 2.45) is 5.16 Å². The Morgan fingerprint density at radius 3 is 2.41 bits per heavy atom. The van der Waals surface area contributed by atoms with Crippen molar-refractivity contribution in [3.8, 4) is 0 Å². The van der Waals surface area contributed by atoms with Gasteiger partial charge in [0.25, 0.3) is 0 Å². The maximum absolute atomic E-state index is 13.1. The lowest BCUT2D eigenvalue weighted by atomic mass is 9.91. The van der Waals surface area contributed by atoms with Crippen molar-refractivity contribution in [1.29, 1.82) is 0 Å². The molecule has 2 fully saturated rings. The van der Waals surface area contributed by atoms with Crippen LogP contribution in [0.3, 0.4) is 0 Å². The lowest BCUT2D eigenvalue weighted by Crippen LogP contribution is -2.56. The standard InChI is InChI=1S/C15H17F3N2O2/c16-15(17,18)14-4-2-1-3-10(14)7-20-12-5-11(19-21)6-13(20)9-22-8-12/h1-4,12-13,21H,5-9H2. The van der Waals surface area contributed by atoms with E-state index in [0.29, 0.717) is 31.8 Å². The Bertz CT molecular complexity index is 558. The van der Waals surface area contributed by atoms with Gasteiger partial charge in [0.05, 0.1) is 24.5 Å². The third-order valence-electron chi connectivity index (χ3n) is 4.32. The van der Waals surface area contributed by atoms with Crippen LogP contribution in [0.1, 0.15) is 24.0 Å². The number of morpholine rings is 1. The molecular formula is C15H17F3N2O2. The second kappa shape index (κ2) is 5.89. The first-order chi connectivity index (χ1) is 10.5. The summed E-state index contributed by atoms with van der Waals surface area (Å²) in [5.74, 6) is 0. The first-order valence-electron chi connectivity index (χ1n) is 7.17. The third kappa shape index (κ3) is 2.96. The molecule has 7 heteroatoms. The molecule has 0 aromatic heterocycles. The number of piperidine rings is 1. The Labute approximate surface area is 126 Å². The molecule has 120 valence electrons. The van der Waals surface area contributed by atoms with Crippen LogP contribution >= 0.6 is 0 Å². The van der Waals surface area contributed by atoms with Crippen molar-refractivity contribution in [3.63, 3.8) is 0 Å². The van der Waals surface area contributed by atoms with Gasteiger partial charge in [0.2, 0.25) is 0 Å². The highest BCUT2D eigenvalue weighted by Crippen LogP contribution is 2.34. The van der Waals surface area contributed by atoms with E-state index in [9.17, 15) is 13.2 Å². The van der Waals surface area contributed by atoms with Gasteiger partial charge in [-0.25, -0.2) is 0 Å². The predicted octanol–water partition coefficient (Wildman–Crippen LogP) is 2.90. The fourth-order valence-electron chi connectivity index (χ4n) is 3.28. The molecule has 22 heavy (non-hydrogen) atoms. The average Bonchev–Trinajstić information content (AvgIpc) is 2.46. The van der Waals surface area contributed by atoms with Crippen molar-refractivity contribution in [2.45, 2.75) is 37.6 Å². The Kier molecular flexibility index (Phi) is 4.10. The molecule has 1 aromatic carbocycles. The van der Waals surface area contributed by atoms with Gasteiger partial charge in [-0.15, -0.1) is 0 Å². The highest BCUT2D eigenvalue weighted by molar-refractivity contribution is 5.86. The summed E-state index contributed by atoms with van der Waals surface area (Å²) in [5.41, 5.74) is 0.380. The average molecular weight is 314 g/mol. The molecule has 2 bridgehead atoms. The molecule has 0 spiro atoms. The van der Waals surface area contributed by atoms with Gasteiger partial charge in [-0.2, -0.15) is 13.2 Å². The first-order valence-corrected chi connectivity index (χ1v) is 7.17. The first kappa shape index (κ1) is 15.3. The molecule has 1 N–H and O–H groups in total. The second-order valence-electron chi connectivity index (χ2n) is 5.75. The smallest absolute Gasteiger partial charge is 0.411 e. The molecule has 0 aliphatic carbocycles. The molecule has 0 saturated carbocycles. The van der Waals surface area contributed by atoms with Gasteiger partial charge in [0, 0.05) is 31.5 Å². The maximum Gasteiger partial charge on any atom is 0.416 e. The van der Waals surface area contributed by atoms with Crippen LogP contribution in [0.15, 0.2) is 29.4 Å². The predicted molar refractivity (Wildman–Crippen MR) is 73.8 cm³/mol. The number of benzene rings is 1. The molecule has 0 radical (unpaired) electrons. The van der Waals surface area contributed by atoms with E-state index in [2.05, 4.69) is 5.16 Å². The van der Waals surface area contributed by atoms with Crippen LogP contribution in [0.4, 0.5) is 13.2 Å². The molecule has 2 heterocycles. The van der Waals surface area contributed by atoms with Crippen LogP contribution in [0.25, 0.3) is 0 Å². The molecule has 2 atom stereocenters. The maximum atomic E-state index is 13.1. The SMILES string of the molecule is ON=C1CC2COCC(C1)N2Cc1ccccc1C(F)(F)F. The van der Waals surface area contributed by atoms with Crippen molar-refractivity contribution < 1.29 is 23.1 Å². The van der Waals surface area contributed by atoms with Crippen LogP contribution in [0.2, 0.25) is 0 Å². The van der Waals surface area contributed by atoms with E-state index in [1.54, 1.807) is 6.07 Å². The molecule has 2 aliphatic rings. The number of fused-ring (bicyclic) bond motifs is 2. The summed E-state index contributed by atoms with van der Waals surface area (Å²) in [4.78, 5) is 2.04.